The highest BCUT2D eigenvalue weighted by atomic mass is 32.2. The van der Waals surface area contributed by atoms with E-state index in [4.69, 9.17) is 9.29 Å². The van der Waals surface area contributed by atoms with Crippen molar-refractivity contribution in [3.8, 4) is 5.75 Å². The largest absolute Gasteiger partial charge is 0.497 e. The molecule has 9 heteroatoms. The van der Waals surface area contributed by atoms with E-state index in [0.29, 0.717) is 10.1 Å². The first-order valence-corrected chi connectivity index (χ1v) is 8.90. The summed E-state index contributed by atoms with van der Waals surface area (Å²) in [5, 5.41) is 7.89. The van der Waals surface area contributed by atoms with Crippen molar-refractivity contribution in [2.24, 2.45) is 0 Å². The van der Waals surface area contributed by atoms with E-state index in [0.717, 1.165) is 22.6 Å². The summed E-state index contributed by atoms with van der Waals surface area (Å²) in [5.41, 5.74) is 1.10. The fraction of sp³-hybridized carbons (Fsp3) is 0.273. The Bertz CT molecular complexity index is 667. The van der Waals surface area contributed by atoms with Crippen LogP contribution in [0.1, 0.15) is 10.6 Å². The van der Waals surface area contributed by atoms with Gasteiger partial charge in [-0.3, -0.25) is 4.55 Å². The molecule has 6 nitrogen and oxygen atoms in total. The highest BCUT2D eigenvalue weighted by molar-refractivity contribution is 8.00. The normalized spacial score (nSPS) is 11.5. The highest BCUT2D eigenvalue weighted by Gasteiger charge is 2.12. The summed E-state index contributed by atoms with van der Waals surface area (Å²) in [4.78, 5) is 0. The van der Waals surface area contributed by atoms with Gasteiger partial charge in [0.05, 0.1) is 7.11 Å². The van der Waals surface area contributed by atoms with E-state index in [-0.39, 0.29) is 5.01 Å². The third-order valence-corrected chi connectivity index (χ3v) is 5.22. The van der Waals surface area contributed by atoms with E-state index in [2.05, 4.69) is 10.2 Å². The summed E-state index contributed by atoms with van der Waals surface area (Å²) < 4.78 is 35.9. The number of methoxy groups -OCH3 is 1. The maximum Gasteiger partial charge on any atom is 0.271 e. The second kappa shape index (κ2) is 6.53. The van der Waals surface area contributed by atoms with Crippen LogP contribution in [0, 0.1) is 0 Å². The van der Waals surface area contributed by atoms with Gasteiger partial charge in [-0.2, -0.15) is 8.42 Å². The molecule has 1 N–H and O–H groups in total. The van der Waals surface area contributed by atoms with Crippen LogP contribution in [0.4, 0.5) is 0 Å². The Morgan fingerprint density at radius 3 is 2.60 bits per heavy atom. The Kier molecular flexibility index (Phi) is 4.97. The second-order valence-corrected chi connectivity index (χ2v) is 7.56. The van der Waals surface area contributed by atoms with Gasteiger partial charge in [-0.1, -0.05) is 35.2 Å². The van der Waals surface area contributed by atoms with Crippen LogP contribution in [0.5, 0.6) is 5.75 Å². The molecule has 0 amide bonds. The Morgan fingerprint density at radius 2 is 2.00 bits per heavy atom. The van der Waals surface area contributed by atoms with E-state index in [1.54, 1.807) is 7.11 Å². The molecule has 0 aliphatic heterocycles. The predicted octanol–water partition coefficient (Wildman–Crippen LogP) is 2.23. The van der Waals surface area contributed by atoms with Gasteiger partial charge in [-0.05, 0) is 17.7 Å². The van der Waals surface area contributed by atoms with Gasteiger partial charge < -0.3 is 4.74 Å². The molecule has 0 aliphatic rings. The fourth-order valence-corrected chi connectivity index (χ4v) is 4.08. The summed E-state index contributed by atoms with van der Waals surface area (Å²) >= 11 is 2.62. The van der Waals surface area contributed by atoms with Crippen LogP contribution in [0.25, 0.3) is 0 Å². The fourth-order valence-electron chi connectivity index (χ4n) is 1.38. The molecule has 1 heterocycles. The third-order valence-electron chi connectivity index (χ3n) is 2.28. The highest BCUT2D eigenvalue weighted by Crippen LogP contribution is 2.27. The number of thioether (sulfide) groups is 1. The molecule has 108 valence electrons. The first-order chi connectivity index (χ1) is 9.46. The molecule has 0 spiro atoms. The molecule has 0 saturated carbocycles. The molecule has 20 heavy (non-hydrogen) atoms. The van der Waals surface area contributed by atoms with Gasteiger partial charge in [-0.25, -0.2) is 0 Å². The molecular formula is C11H12N2O4S3. The average Bonchev–Trinajstić information content (AvgIpc) is 2.82. The molecule has 2 aromatic rings. The number of aromatic nitrogens is 2. The molecule has 0 atom stereocenters. The average molecular weight is 332 g/mol. The smallest absolute Gasteiger partial charge is 0.271 e. The SMILES string of the molecule is COc1ccc(CSc2nnc(CS(=O)(=O)O)s2)cc1. The van der Waals surface area contributed by atoms with Gasteiger partial charge >= 0.3 is 0 Å². The lowest BCUT2D eigenvalue weighted by atomic mass is 10.2. The van der Waals surface area contributed by atoms with Crippen molar-refractivity contribution in [3.63, 3.8) is 0 Å². The minimum Gasteiger partial charge on any atom is -0.497 e. The molecule has 2 rings (SSSR count). The number of ether oxygens (including phenoxy) is 1. The number of nitrogens with zero attached hydrogens (tertiary/aromatic N) is 2. The monoisotopic (exact) mass is 332 g/mol. The van der Waals surface area contributed by atoms with Gasteiger partial charge in [-0.15, -0.1) is 10.2 Å². The third kappa shape index (κ3) is 4.75. The lowest BCUT2D eigenvalue weighted by Gasteiger charge is -2.01. The van der Waals surface area contributed by atoms with E-state index in [1.165, 1.54) is 11.8 Å². The van der Waals surface area contributed by atoms with Crippen molar-refractivity contribution in [2.75, 3.05) is 7.11 Å². The summed E-state index contributed by atoms with van der Waals surface area (Å²) in [5.74, 6) is 1.00. The van der Waals surface area contributed by atoms with Crippen molar-refractivity contribution >= 4 is 33.2 Å². The predicted molar refractivity (Wildman–Crippen MR) is 77.7 cm³/mol. The molecule has 0 aliphatic carbocycles. The van der Waals surface area contributed by atoms with Crippen LogP contribution < -0.4 is 4.74 Å². The van der Waals surface area contributed by atoms with E-state index >= 15 is 0 Å². The van der Waals surface area contributed by atoms with E-state index in [9.17, 15) is 8.42 Å². The molecular weight excluding hydrogens is 320 g/mol. The Morgan fingerprint density at radius 1 is 1.30 bits per heavy atom. The second-order valence-electron chi connectivity index (χ2n) is 3.82. The summed E-state index contributed by atoms with van der Waals surface area (Å²) in [7, 11) is -2.44. The Labute approximate surface area is 124 Å². The van der Waals surface area contributed by atoms with Crippen LogP contribution in [-0.4, -0.2) is 30.3 Å². The molecule has 0 fully saturated rings. The zero-order valence-corrected chi connectivity index (χ0v) is 13.0. The maximum absolute atomic E-state index is 10.7. The number of benzene rings is 1. The first-order valence-electron chi connectivity index (χ1n) is 5.49. The van der Waals surface area contributed by atoms with Gasteiger partial charge in [0.25, 0.3) is 10.1 Å². The van der Waals surface area contributed by atoms with Gasteiger partial charge in [0.2, 0.25) is 0 Å². The van der Waals surface area contributed by atoms with Crippen LogP contribution in [0.15, 0.2) is 28.6 Å². The molecule has 1 aromatic heterocycles. The van der Waals surface area contributed by atoms with Gasteiger partial charge in [0.15, 0.2) is 4.34 Å². The zero-order chi connectivity index (χ0) is 14.6. The van der Waals surface area contributed by atoms with Crippen LogP contribution in [-0.2, 0) is 21.6 Å². The number of hydrogen-bond acceptors (Lipinski definition) is 7. The van der Waals surface area contributed by atoms with E-state index < -0.39 is 15.9 Å². The van der Waals surface area contributed by atoms with Gasteiger partial charge in [0.1, 0.15) is 16.5 Å². The topological polar surface area (TPSA) is 89.4 Å². The Hall–Kier alpha value is -1.16. The minimum atomic E-state index is -4.05. The van der Waals surface area contributed by atoms with Crippen LogP contribution >= 0.6 is 23.1 Å². The molecule has 1 aromatic carbocycles. The molecule has 0 unspecified atom stereocenters. The quantitative estimate of drug-likeness (QED) is 0.641. The van der Waals surface area contributed by atoms with Crippen molar-refractivity contribution in [2.45, 2.75) is 15.8 Å². The summed E-state index contributed by atoms with van der Waals surface area (Å²) in [6.45, 7) is 0. The first kappa shape index (κ1) is 15.2. The summed E-state index contributed by atoms with van der Waals surface area (Å²) in [6, 6.07) is 7.65. The molecule has 0 bridgehead atoms. The van der Waals surface area contributed by atoms with Crippen molar-refractivity contribution in [1.29, 1.82) is 0 Å². The van der Waals surface area contributed by atoms with Crippen LogP contribution in [0.3, 0.4) is 0 Å². The Balaban J connectivity index is 1.93. The standard InChI is InChI=1S/C11H12N2O4S3/c1-17-9-4-2-8(3-5-9)6-18-11-13-12-10(19-11)7-20(14,15)16/h2-5H,6-7H2,1H3,(H,14,15,16). The van der Waals surface area contributed by atoms with Crippen molar-refractivity contribution in [1.82, 2.24) is 10.2 Å². The van der Waals surface area contributed by atoms with Gasteiger partial charge in [0, 0.05) is 5.75 Å². The van der Waals surface area contributed by atoms with Crippen molar-refractivity contribution in [3.05, 3.63) is 34.8 Å². The van der Waals surface area contributed by atoms with Crippen LogP contribution in [0.2, 0.25) is 0 Å². The summed E-state index contributed by atoms with van der Waals surface area (Å²) in [6.07, 6.45) is 0. The number of rotatable bonds is 6. The maximum atomic E-state index is 10.7. The lowest BCUT2D eigenvalue weighted by Crippen LogP contribution is -2.00. The molecule has 0 saturated heterocycles. The molecule has 0 radical (unpaired) electrons. The van der Waals surface area contributed by atoms with E-state index in [1.807, 2.05) is 24.3 Å². The zero-order valence-electron chi connectivity index (χ0n) is 10.5. The minimum absolute atomic E-state index is 0.282. The lowest BCUT2D eigenvalue weighted by molar-refractivity contribution is 0.414. The number of hydrogen-bond donors (Lipinski definition) is 1. The van der Waals surface area contributed by atoms with Crippen molar-refractivity contribution < 1.29 is 17.7 Å².